The first-order valence-corrected chi connectivity index (χ1v) is 5.57. The predicted molar refractivity (Wildman–Crippen MR) is 65.9 cm³/mol. The summed E-state index contributed by atoms with van der Waals surface area (Å²) >= 11 is 3.32. The van der Waals surface area contributed by atoms with Crippen molar-refractivity contribution in [3.8, 4) is 0 Å². The Morgan fingerprint density at radius 3 is 2.47 bits per heavy atom. The van der Waals surface area contributed by atoms with E-state index < -0.39 is 11.9 Å². The summed E-state index contributed by atoms with van der Waals surface area (Å²) in [6, 6.07) is 7.23. The molecule has 0 aliphatic rings. The number of benzene rings is 1. The van der Waals surface area contributed by atoms with E-state index in [0.717, 1.165) is 4.47 Å². The highest BCUT2D eigenvalue weighted by Gasteiger charge is 2.14. The molecule has 0 N–H and O–H groups in total. The van der Waals surface area contributed by atoms with Gasteiger partial charge in [-0.1, -0.05) is 34.1 Å². The van der Waals surface area contributed by atoms with Crippen molar-refractivity contribution in [2.75, 3.05) is 7.11 Å². The minimum absolute atomic E-state index is 0.146. The maximum absolute atomic E-state index is 11.4. The van der Waals surface area contributed by atoms with Gasteiger partial charge in [0.1, 0.15) is 0 Å². The predicted octanol–water partition coefficient (Wildman–Crippen LogP) is 2.53. The number of ether oxygens (including phenoxy) is 2. The quantitative estimate of drug-likeness (QED) is 0.489. The minimum atomic E-state index is -0.698. The van der Waals surface area contributed by atoms with Gasteiger partial charge >= 0.3 is 11.9 Å². The van der Waals surface area contributed by atoms with Crippen LogP contribution in [0, 0.1) is 0 Å². The second-order valence-corrected chi connectivity index (χ2v) is 3.97. The zero-order chi connectivity index (χ0) is 12.8. The molecule has 0 radical (unpaired) electrons. The van der Waals surface area contributed by atoms with Gasteiger partial charge in [0, 0.05) is 11.4 Å². The lowest BCUT2D eigenvalue weighted by Crippen LogP contribution is -2.11. The fourth-order valence-electron chi connectivity index (χ4n) is 1.12. The van der Waals surface area contributed by atoms with Gasteiger partial charge in [-0.2, -0.15) is 0 Å². The Hall–Kier alpha value is -1.62. The summed E-state index contributed by atoms with van der Waals surface area (Å²) in [7, 11) is 1.22. The molecule has 0 bridgehead atoms. The number of methoxy groups -OCH3 is 1. The Labute approximate surface area is 107 Å². The molecule has 0 saturated carbocycles. The fourth-order valence-corrected chi connectivity index (χ4v) is 1.52. The Bertz CT molecular complexity index is 465. The van der Waals surface area contributed by atoms with Crippen LogP contribution < -0.4 is 0 Å². The van der Waals surface area contributed by atoms with Crippen molar-refractivity contribution in [1.29, 1.82) is 0 Å². The van der Waals surface area contributed by atoms with Crippen molar-refractivity contribution in [1.82, 2.24) is 0 Å². The molecular formula is C12H11BrO4. The first kappa shape index (κ1) is 13.4. The summed E-state index contributed by atoms with van der Waals surface area (Å²) in [6.45, 7) is 1.22. The molecule has 0 saturated heterocycles. The lowest BCUT2D eigenvalue weighted by molar-refractivity contribution is -0.148. The average Bonchev–Trinajstić information content (AvgIpc) is 2.29. The molecule has 0 unspecified atom stereocenters. The van der Waals surface area contributed by atoms with Crippen LogP contribution in [0.1, 0.15) is 12.5 Å². The van der Waals surface area contributed by atoms with Crippen molar-refractivity contribution in [3.05, 3.63) is 40.1 Å². The van der Waals surface area contributed by atoms with Gasteiger partial charge in [-0.25, -0.2) is 4.79 Å². The zero-order valence-electron chi connectivity index (χ0n) is 9.40. The smallest absolute Gasteiger partial charge is 0.374 e. The molecule has 0 heterocycles. The van der Waals surface area contributed by atoms with E-state index in [9.17, 15) is 9.59 Å². The molecule has 4 nitrogen and oxygen atoms in total. The standard InChI is InChI=1S/C12H11BrO4/c1-8(14)17-11(12(15)16-2)7-9-5-3-4-6-10(9)13/h3-7H,1-2H3. The third-order valence-electron chi connectivity index (χ3n) is 1.83. The topological polar surface area (TPSA) is 52.6 Å². The molecule has 0 fully saturated rings. The number of esters is 2. The molecule has 90 valence electrons. The monoisotopic (exact) mass is 298 g/mol. The van der Waals surface area contributed by atoms with E-state index in [1.165, 1.54) is 20.1 Å². The normalized spacial score (nSPS) is 10.9. The van der Waals surface area contributed by atoms with Crippen LogP contribution in [0.2, 0.25) is 0 Å². The molecule has 5 heteroatoms. The van der Waals surface area contributed by atoms with Crippen molar-refractivity contribution < 1.29 is 19.1 Å². The molecular weight excluding hydrogens is 288 g/mol. The molecule has 0 aliphatic heterocycles. The molecule has 0 spiro atoms. The average molecular weight is 299 g/mol. The number of carbonyl (C=O) groups excluding carboxylic acids is 2. The summed E-state index contributed by atoms with van der Waals surface area (Å²) in [5.74, 6) is -1.42. The largest absolute Gasteiger partial charge is 0.463 e. The third-order valence-corrected chi connectivity index (χ3v) is 2.55. The zero-order valence-corrected chi connectivity index (χ0v) is 11.0. The lowest BCUT2D eigenvalue weighted by atomic mass is 10.2. The highest BCUT2D eigenvalue weighted by Crippen LogP contribution is 2.19. The first-order valence-electron chi connectivity index (χ1n) is 4.77. The van der Waals surface area contributed by atoms with Crippen LogP contribution in [0.25, 0.3) is 6.08 Å². The Balaban J connectivity index is 3.09. The van der Waals surface area contributed by atoms with E-state index in [0.29, 0.717) is 5.56 Å². The maximum Gasteiger partial charge on any atom is 0.374 e. The fraction of sp³-hybridized carbons (Fsp3) is 0.167. The Morgan fingerprint density at radius 1 is 1.29 bits per heavy atom. The van der Waals surface area contributed by atoms with Gasteiger partial charge in [0.2, 0.25) is 5.76 Å². The summed E-state index contributed by atoms with van der Waals surface area (Å²) in [6.07, 6.45) is 1.44. The Kier molecular flexibility index (Phi) is 4.90. The Morgan fingerprint density at radius 2 is 1.94 bits per heavy atom. The second kappa shape index (κ2) is 6.20. The van der Waals surface area contributed by atoms with Crippen molar-refractivity contribution >= 4 is 33.9 Å². The van der Waals surface area contributed by atoms with Gasteiger partial charge in [0.15, 0.2) is 0 Å². The first-order chi connectivity index (χ1) is 8.04. The van der Waals surface area contributed by atoms with Gasteiger partial charge in [-0.3, -0.25) is 4.79 Å². The minimum Gasteiger partial charge on any atom is -0.463 e. The number of hydrogen-bond donors (Lipinski definition) is 0. The van der Waals surface area contributed by atoms with Gasteiger partial charge in [0.25, 0.3) is 0 Å². The molecule has 0 amide bonds. The molecule has 17 heavy (non-hydrogen) atoms. The van der Waals surface area contributed by atoms with Gasteiger partial charge in [0.05, 0.1) is 7.11 Å². The summed E-state index contributed by atoms with van der Waals surface area (Å²) in [5, 5.41) is 0. The van der Waals surface area contributed by atoms with Crippen LogP contribution >= 0.6 is 15.9 Å². The van der Waals surface area contributed by atoms with Gasteiger partial charge < -0.3 is 9.47 Å². The van der Waals surface area contributed by atoms with E-state index in [4.69, 9.17) is 4.74 Å². The second-order valence-electron chi connectivity index (χ2n) is 3.12. The number of halogens is 1. The van der Waals surface area contributed by atoms with E-state index in [1.807, 2.05) is 12.1 Å². The lowest BCUT2D eigenvalue weighted by Gasteiger charge is -2.05. The van der Waals surface area contributed by atoms with Crippen molar-refractivity contribution in [2.45, 2.75) is 6.92 Å². The van der Waals surface area contributed by atoms with E-state index in [2.05, 4.69) is 20.7 Å². The number of hydrogen-bond acceptors (Lipinski definition) is 4. The third kappa shape index (κ3) is 4.03. The number of rotatable bonds is 3. The number of carbonyl (C=O) groups is 2. The summed E-state index contributed by atoms with van der Waals surface area (Å²) < 4.78 is 10.1. The molecule has 0 aromatic heterocycles. The molecule has 1 aromatic rings. The maximum atomic E-state index is 11.4. The van der Waals surface area contributed by atoms with Gasteiger partial charge in [-0.15, -0.1) is 0 Å². The van der Waals surface area contributed by atoms with Crippen LogP contribution in [-0.4, -0.2) is 19.0 Å². The SMILES string of the molecule is COC(=O)C(=Cc1ccccc1Br)OC(C)=O. The molecule has 1 rings (SSSR count). The van der Waals surface area contributed by atoms with Crippen molar-refractivity contribution in [3.63, 3.8) is 0 Å². The highest BCUT2D eigenvalue weighted by molar-refractivity contribution is 9.10. The van der Waals surface area contributed by atoms with Crippen LogP contribution in [-0.2, 0) is 19.1 Å². The molecule has 1 aromatic carbocycles. The van der Waals surface area contributed by atoms with Crippen molar-refractivity contribution in [2.24, 2.45) is 0 Å². The van der Waals surface area contributed by atoms with E-state index in [-0.39, 0.29) is 5.76 Å². The summed E-state index contributed by atoms with van der Waals surface area (Å²) in [4.78, 5) is 22.2. The van der Waals surface area contributed by atoms with Crippen LogP contribution in [0.3, 0.4) is 0 Å². The van der Waals surface area contributed by atoms with Crippen LogP contribution in [0.5, 0.6) is 0 Å². The van der Waals surface area contributed by atoms with Gasteiger partial charge in [-0.05, 0) is 17.7 Å². The highest BCUT2D eigenvalue weighted by atomic mass is 79.9. The molecule has 0 atom stereocenters. The van der Waals surface area contributed by atoms with E-state index in [1.54, 1.807) is 12.1 Å². The molecule has 0 aliphatic carbocycles. The summed E-state index contributed by atoms with van der Waals surface area (Å²) in [5.41, 5.74) is 0.717. The van der Waals surface area contributed by atoms with E-state index >= 15 is 0 Å². The van der Waals surface area contributed by atoms with Crippen LogP contribution in [0.15, 0.2) is 34.5 Å². The van der Waals surface area contributed by atoms with Crippen LogP contribution in [0.4, 0.5) is 0 Å².